The van der Waals surface area contributed by atoms with Crippen molar-refractivity contribution in [3.8, 4) is 33.5 Å². The predicted octanol–water partition coefficient (Wildman–Crippen LogP) is 14.3. The van der Waals surface area contributed by atoms with Gasteiger partial charge in [0.05, 0.1) is 16.7 Å². The molecule has 0 atom stereocenters. The molecule has 0 aliphatic rings. The van der Waals surface area contributed by atoms with Crippen molar-refractivity contribution in [3.05, 3.63) is 182 Å². The largest absolute Gasteiger partial charge is 0.455 e. The quantitative estimate of drug-likeness (QED) is 0.172. The van der Waals surface area contributed by atoms with Gasteiger partial charge in [-0.15, -0.1) is 0 Å². The Morgan fingerprint density at radius 3 is 1.73 bits per heavy atom. The molecule has 0 spiro atoms. The highest BCUT2D eigenvalue weighted by Gasteiger charge is 2.19. The van der Waals surface area contributed by atoms with Crippen LogP contribution in [0.4, 0.5) is 0 Å². The second-order valence-corrected chi connectivity index (χ2v) is 14.5. The van der Waals surface area contributed by atoms with E-state index >= 15 is 0 Å². The van der Waals surface area contributed by atoms with Gasteiger partial charge < -0.3 is 4.42 Å². The molecule has 0 saturated carbocycles. The van der Waals surface area contributed by atoms with Gasteiger partial charge in [-0.2, -0.15) is 0 Å². The number of rotatable bonds is 3. The number of nitrogens with zero attached hydrogens (tertiary/aromatic N) is 2. The van der Waals surface area contributed by atoms with Crippen LogP contribution in [0.3, 0.4) is 0 Å². The van der Waals surface area contributed by atoms with Crippen LogP contribution in [0, 0.1) is 0 Å². The summed E-state index contributed by atoms with van der Waals surface area (Å²) in [4.78, 5) is 9.82. The van der Waals surface area contributed by atoms with Gasteiger partial charge in [-0.05, 0) is 84.7 Å². The van der Waals surface area contributed by atoms with Crippen LogP contribution in [0.2, 0.25) is 0 Å². The number of benzene rings is 9. The molecule has 0 N–H and O–H groups in total. The van der Waals surface area contributed by atoms with Crippen LogP contribution in [-0.4, -0.2) is 9.97 Å². The molecule has 0 aliphatic carbocycles. The molecule has 3 heterocycles. The average Bonchev–Trinajstić information content (AvgIpc) is 3.65. The zero-order chi connectivity index (χ0) is 36.0. The second kappa shape index (κ2) is 11.6. The minimum atomic E-state index is 0.884. The molecule has 12 aromatic rings. The van der Waals surface area contributed by atoms with E-state index in [4.69, 9.17) is 9.40 Å². The van der Waals surface area contributed by atoms with Gasteiger partial charge in [0.1, 0.15) is 11.2 Å². The molecule has 3 aromatic heterocycles. The van der Waals surface area contributed by atoms with Gasteiger partial charge in [0.15, 0.2) is 0 Å². The summed E-state index contributed by atoms with van der Waals surface area (Å²) in [5, 5.41) is 14.3. The SMILES string of the molecule is c1cc(-c2ccc3ccc4cccnc4c3n2)cc(-c2cccc3c2oc2c4ccccc4c(-c4ccc5c6ccccc6c6ccccc6c5c4)cc32)c1. The summed E-state index contributed by atoms with van der Waals surface area (Å²) in [6.07, 6.45) is 1.84. The fourth-order valence-electron chi connectivity index (χ4n) is 8.89. The Balaban J connectivity index is 1.05. The Bertz CT molecular complexity index is 3520. The molecule has 0 radical (unpaired) electrons. The maximum absolute atomic E-state index is 6.95. The van der Waals surface area contributed by atoms with Gasteiger partial charge in [0, 0.05) is 44.3 Å². The number of fused-ring (bicyclic) bond motifs is 14. The van der Waals surface area contributed by atoms with E-state index < -0.39 is 0 Å². The summed E-state index contributed by atoms with van der Waals surface area (Å²) >= 11 is 0. The van der Waals surface area contributed by atoms with Crippen molar-refractivity contribution in [3.63, 3.8) is 0 Å². The lowest BCUT2D eigenvalue weighted by atomic mass is 9.90. The number of pyridine rings is 2. The Hall–Kier alpha value is -7.36. The summed E-state index contributed by atoms with van der Waals surface area (Å²) in [7, 11) is 0. The van der Waals surface area contributed by atoms with Crippen molar-refractivity contribution in [2.45, 2.75) is 0 Å². The van der Waals surface area contributed by atoms with Crippen LogP contribution in [-0.2, 0) is 0 Å². The third-order valence-electron chi connectivity index (χ3n) is 11.5. The number of para-hydroxylation sites is 1. The standard InChI is InChI=1S/C52H30N2O/c1-2-15-39-37(13-1)38-14-3-4-16-40(38)46-29-34(23-25-42(39)46)45-30-47-44-20-8-19-36(51(44)55-52(47)43-18-6-5-17-41(43)45)33-10-7-11-35(28-33)48-26-24-32-22-21-31-12-9-27-53-49(31)50(32)54-48/h1-30H. The van der Waals surface area contributed by atoms with Crippen molar-refractivity contribution in [1.82, 2.24) is 9.97 Å². The molecular formula is C52H30N2O. The van der Waals surface area contributed by atoms with Crippen molar-refractivity contribution < 1.29 is 4.42 Å². The monoisotopic (exact) mass is 698 g/mol. The summed E-state index contributed by atoms with van der Waals surface area (Å²) in [6, 6.07) is 63.2. The van der Waals surface area contributed by atoms with E-state index in [1.54, 1.807) is 0 Å². The van der Waals surface area contributed by atoms with Crippen molar-refractivity contribution >= 4 is 86.8 Å². The van der Waals surface area contributed by atoms with E-state index in [-0.39, 0.29) is 0 Å². The molecule has 9 aromatic carbocycles. The minimum Gasteiger partial charge on any atom is -0.455 e. The zero-order valence-corrected chi connectivity index (χ0v) is 29.6. The number of hydrogen-bond donors (Lipinski definition) is 0. The third-order valence-corrected chi connectivity index (χ3v) is 11.5. The van der Waals surface area contributed by atoms with Crippen molar-refractivity contribution in [1.29, 1.82) is 0 Å². The minimum absolute atomic E-state index is 0.884. The summed E-state index contributed by atoms with van der Waals surface area (Å²) in [5.41, 5.74) is 10.1. The molecule has 0 amide bonds. The molecule has 3 nitrogen and oxygen atoms in total. The van der Waals surface area contributed by atoms with Crippen LogP contribution in [0.5, 0.6) is 0 Å². The summed E-state index contributed by atoms with van der Waals surface area (Å²) in [6.45, 7) is 0. The smallest absolute Gasteiger partial charge is 0.143 e. The first-order chi connectivity index (χ1) is 27.3. The van der Waals surface area contributed by atoms with E-state index in [0.29, 0.717) is 0 Å². The molecule has 0 saturated heterocycles. The molecule has 0 aliphatic heterocycles. The highest BCUT2D eigenvalue weighted by molar-refractivity contribution is 6.26. The van der Waals surface area contributed by atoms with E-state index in [1.807, 2.05) is 12.3 Å². The second-order valence-electron chi connectivity index (χ2n) is 14.5. The van der Waals surface area contributed by atoms with Crippen molar-refractivity contribution in [2.24, 2.45) is 0 Å². The molecule has 0 bridgehead atoms. The van der Waals surface area contributed by atoms with E-state index in [9.17, 15) is 0 Å². The Morgan fingerprint density at radius 1 is 0.327 bits per heavy atom. The third kappa shape index (κ3) is 4.50. The van der Waals surface area contributed by atoms with Crippen LogP contribution in [0.15, 0.2) is 187 Å². The Labute approximate surface area is 315 Å². The highest BCUT2D eigenvalue weighted by Crippen LogP contribution is 2.44. The molecule has 55 heavy (non-hydrogen) atoms. The highest BCUT2D eigenvalue weighted by atomic mass is 16.3. The van der Waals surface area contributed by atoms with Gasteiger partial charge in [-0.25, -0.2) is 4.98 Å². The molecule has 0 unspecified atom stereocenters. The van der Waals surface area contributed by atoms with Gasteiger partial charge in [-0.3, -0.25) is 4.98 Å². The molecule has 254 valence electrons. The average molecular weight is 699 g/mol. The van der Waals surface area contributed by atoms with Crippen molar-refractivity contribution in [2.75, 3.05) is 0 Å². The van der Waals surface area contributed by atoms with Crippen LogP contribution in [0.1, 0.15) is 0 Å². The van der Waals surface area contributed by atoms with E-state index in [2.05, 4.69) is 175 Å². The Kier molecular flexibility index (Phi) is 6.34. The summed E-state index contributed by atoms with van der Waals surface area (Å²) in [5.74, 6) is 0. The van der Waals surface area contributed by atoms with Crippen LogP contribution < -0.4 is 0 Å². The maximum Gasteiger partial charge on any atom is 0.143 e. The molecule has 12 rings (SSSR count). The predicted molar refractivity (Wildman–Crippen MR) is 231 cm³/mol. The topological polar surface area (TPSA) is 38.9 Å². The molecular weight excluding hydrogens is 669 g/mol. The van der Waals surface area contributed by atoms with Gasteiger partial charge >= 0.3 is 0 Å². The van der Waals surface area contributed by atoms with Gasteiger partial charge in [0.2, 0.25) is 0 Å². The lowest BCUT2D eigenvalue weighted by Crippen LogP contribution is -1.89. The lowest BCUT2D eigenvalue weighted by molar-refractivity contribution is 0.674. The normalized spacial score (nSPS) is 12.0. The first kappa shape index (κ1) is 30.1. The van der Waals surface area contributed by atoms with E-state index in [0.717, 1.165) is 71.5 Å². The number of furan rings is 1. The van der Waals surface area contributed by atoms with Gasteiger partial charge in [0.25, 0.3) is 0 Å². The first-order valence-corrected chi connectivity index (χ1v) is 18.7. The first-order valence-electron chi connectivity index (χ1n) is 18.7. The Morgan fingerprint density at radius 2 is 0.927 bits per heavy atom. The zero-order valence-electron chi connectivity index (χ0n) is 29.6. The fraction of sp³-hybridized carbons (Fsp3) is 0. The number of aromatic nitrogens is 2. The fourth-order valence-corrected chi connectivity index (χ4v) is 8.89. The molecule has 0 fully saturated rings. The van der Waals surface area contributed by atoms with E-state index in [1.165, 1.54) is 48.8 Å². The molecule has 3 heteroatoms. The number of hydrogen-bond acceptors (Lipinski definition) is 3. The lowest BCUT2D eigenvalue weighted by Gasteiger charge is -2.13. The summed E-state index contributed by atoms with van der Waals surface area (Å²) < 4.78 is 6.95. The van der Waals surface area contributed by atoms with Crippen LogP contribution >= 0.6 is 0 Å². The van der Waals surface area contributed by atoms with Gasteiger partial charge in [-0.1, -0.05) is 146 Å². The van der Waals surface area contributed by atoms with Crippen LogP contribution in [0.25, 0.3) is 120 Å². The maximum atomic E-state index is 6.95.